The van der Waals surface area contributed by atoms with E-state index in [0.29, 0.717) is 64.3 Å². The third-order valence-corrected chi connectivity index (χ3v) is 4.53. The van der Waals surface area contributed by atoms with Gasteiger partial charge in [0.2, 0.25) is 0 Å². The Hall–Kier alpha value is -0.240. The summed E-state index contributed by atoms with van der Waals surface area (Å²) in [6.45, 7) is 15.6. The van der Waals surface area contributed by atoms with Crippen LogP contribution < -0.4 is 0 Å². The second-order valence-corrected chi connectivity index (χ2v) is 8.14. The predicted octanol–water partition coefficient (Wildman–Crippen LogP) is 3.54. The molecule has 0 saturated carbocycles. The Morgan fingerprint density at radius 1 is 0.680 bits per heavy atom. The molecule has 1 spiro atoms. The highest BCUT2D eigenvalue weighted by Crippen LogP contribution is 2.39. The molecule has 0 atom stereocenters. The minimum atomic E-state index is -0.942. The van der Waals surface area contributed by atoms with Crippen molar-refractivity contribution in [1.29, 1.82) is 0 Å². The first-order valence-corrected chi connectivity index (χ1v) is 9.62. The molecule has 25 heavy (non-hydrogen) atoms. The summed E-state index contributed by atoms with van der Waals surface area (Å²) in [5, 5.41) is 0. The molecule has 0 amide bonds. The topological polar surface area (TPSA) is 55.4 Å². The van der Waals surface area contributed by atoms with Crippen LogP contribution in [0.5, 0.6) is 0 Å². The van der Waals surface area contributed by atoms with E-state index in [4.69, 9.17) is 28.4 Å². The highest BCUT2D eigenvalue weighted by atomic mass is 16.9. The summed E-state index contributed by atoms with van der Waals surface area (Å²) in [6.07, 6.45) is 1.29. The fourth-order valence-corrected chi connectivity index (χ4v) is 2.75. The number of hydrogen-bond donors (Lipinski definition) is 0. The third kappa shape index (κ3) is 5.37. The fourth-order valence-electron chi connectivity index (χ4n) is 2.75. The van der Waals surface area contributed by atoms with E-state index in [1.54, 1.807) is 0 Å². The Morgan fingerprint density at radius 2 is 1.00 bits per heavy atom. The molecule has 0 unspecified atom stereocenters. The minimum absolute atomic E-state index is 0.306. The molecule has 2 heterocycles. The average molecular weight is 360 g/mol. The predicted molar refractivity (Wildman–Crippen MR) is 93.9 cm³/mol. The summed E-state index contributed by atoms with van der Waals surface area (Å²) in [5.41, 5.74) is -0.306. The van der Waals surface area contributed by atoms with Crippen LogP contribution in [-0.4, -0.2) is 51.6 Å². The van der Waals surface area contributed by atoms with E-state index in [9.17, 15) is 0 Å². The number of hydrogen-bond acceptors (Lipinski definition) is 6. The van der Waals surface area contributed by atoms with Gasteiger partial charge in [0, 0.05) is 12.8 Å². The summed E-state index contributed by atoms with van der Waals surface area (Å²) in [5.74, 6) is -1.03. The lowest BCUT2D eigenvalue weighted by Gasteiger charge is -2.50. The fraction of sp³-hybridized carbons (Fsp3) is 1.00. The van der Waals surface area contributed by atoms with Gasteiger partial charge in [-0.3, -0.25) is 0 Å². The zero-order valence-electron chi connectivity index (χ0n) is 16.8. The molecule has 0 aliphatic carbocycles. The highest BCUT2D eigenvalue weighted by molar-refractivity contribution is 4.87. The lowest BCUT2D eigenvalue weighted by atomic mass is 9.90. The molecular formula is C19H36O6. The van der Waals surface area contributed by atoms with E-state index in [-0.39, 0.29) is 5.41 Å². The maximum Gasteiger partial charge on any atom is 0.282 e. The molecule has 2 aliphatic rings. The van der Waals surface area contributed by atoms with Crippen LogP contribution in [0.1, 0.15) is 54.4 Å². The highest BCUT2D eigenvalue weighted by Gasteiger charge is 2.51. The zero-order chi connectivity index (χ0) is 18.6. The molecular weight excluding hydrogens is 324 g/mol. The van der Waals surface area contributed by atoms with Crippen molar-refractivity contribution in [3.05, 3.63) is 0 Å². The Kier molecular flexibility index (Phi) is 7.27. The summed E-state index contributed by atoms with van der Waals surface area (Å²) in [6, 6.07) is 0. The Labute approximate surface area is 152 Å². The van der Waals surface area contributed by atoms with E-state index in [0.717, 1.165) is 0 Å². The molecule has 0 radical (unpaired) electrons. The van der Waals surface area contributed by atoms with E-state index in [1.807, 2.05) is 13.8 Å². The van der Waals surface area contributed by atoms with Crippen LogP contribution >= 0.6 is 0 Å². The van der Waals surface area contributed by atoms with Crippen molar-refractivity contribution >= 4 is 0 Å². The lowest BCUT2D eigenvalue weighted by Crippen LogP contribution is -2.60. The van der Waals surface area contributed by atoms with Crippen molar-refractivity contribution in [1.82, 2.24) is 0 Å². The van der Waals surface area contributed by atoms with Crippen LogP contribution in [0.15, 0.2) is 0 Å². The SMILES string of the molecule is CCC1(OCC(C)C)OCC2(CO1)COC(CC)(OCC(C)C)OC2. The van der Waals surface area contributed by atoms with E-state index in [2.05, 4.69) is 27.7 Å². The lowest BCUT2D eigenvalue weighted by molar-refractivity contribution is -0.466. The van der Waals surface area contributed by atoms with Crippen LogP contribution in [0.4, 0.5) is 0 Å². The van der Waals surface area contributed by atoms with Crippen LogP contribution in [0.2, 0.25) is 0 Å². The maximum absolute atomic E-state index is 6.01. The third-order valence-electron chi connectivity index (χ3n) is 4.53. The molecule has 2 fully saturated rings. The Bertz CT molecular complexity index is 351. The quantitative estimate of drug-likeness (QED) is 0.660. The van der Waals surface area contributed by atoms with Gasteiger partial charge in [-0.2, -0.15) is 0 Å². The van der Waals surface area contributed by atoms with Gasteiger partial charge in [-0.15, -0.1) is 0 Å². The smallest absolute Gasteiger partial charge is 0.282 e. The van der Waals surface area contributed by atoms with Crippen LogP contribution in [0, 0.1) is 17.3 Å². The van der Waals surface area contributed by atoms with Gasteiger partial charge in [-0.1, -0.05) is 41.5 Å². The second-order valence-electron chi connectivity index (χ2n) is 8.14. The van der Waals surface area contributed by atoms with E-state index in [1.165, 1.54) is 0 Å². The standard InChI is InChI=1S/C19H36O6/c1-7-18(20-9-15(3)4)22-11-17(12-23-18)13-24-19(8-2,25-14-17)21-10-16(5)6/h15-16H,7-14H2,1-6H3. The second kappa shape index (κ2) is 8.63. The first-order chi connectivity index (χ1) is 11.8. The van der Waals surface area contributed by atoms with Gasteiger partial charge in [-0.05, 0) is 11.8 Å². The van der Waals surface area contributed by atoms with Gasteiger partial charge in [0.05, 0.1) is 45.1 Å². The average Bonchev–Trinajstić information content (AvgIpc) is 2.62. The zero-order valence-corrected chi connectivity index (χ0v) is 16.8. The molecule has 0 aromatic heterocycles. The van der Waals surface area contributed by atoms with Crippen molar-refractivity contribution in [2.75, 3.05) is 39.6 Å². The first-order valence-electron chi connectivity index (χ1n) is 9.62. The normalized spacial score (nSPS) is 36.5. The van der Waals surface area contributed by atoms with E-state index >= 15 is 0 Å². The van der Waals surface area contributed by atoms with Gasteiger partial charge in [0.25, 0.3) is 11.9 Å². The summed E-state index contributed by atoms with van der Waals surface area (Å²) in [4.78, 5) is 0. The van der Waals surface area contributed by atoms with Gasteiger partial charge in [-0.25, -0.2) is 0 Å². The molecule has 2 saturated heterocycles. The molecule has 6 heteroatoms. The minimum Gasteiger partial charge on any atom is -0.327 e. The summed E-state index contributed by atoms with van der Waals surface area (Å²) >= 11 is 0. The van der Waals surface area contributed by atoms with Gasteiger partial charge in [0.15, 0.2) is 0 Å². The Morgan fingerprint density at radius 3 is 1.24 bits per heavy atom. The van der Waals surface area contributed by atoms with Gasteiger partial charge in [0.1, 0.15) is 0 Å². The Balaban J connectivity index is 1.89. The first kappa shape index (κ1) is 21.1. The molecule has 6 nitrogen and oxygen atoms in total. The monoisotopic (exact) mass is 360 g/mol. The van der Waals surface area contributed by atoms with Gasteiger partial charge < -0.3 is 28.4 Å². The summed E-state index contributed by atoms with van der Waals surface area (Å²) < 4.78 is 35.8. The van der Waals surface area contributed by atoms with Crippen LogP contribution in [0.25, 0.3) is 0 Å². The maximum atomic E-state index is 6.01. The van der Waals surface area contributed by atoms with Crippen molar-refractivity contribution in [2.45, 2.75) is 66.3 Å². The molecule has 148 valence electrons. The number of rotatable bonds is 8. The molecule has 0 bridgehead atoms. The summed E-state index contributed by atoms with van der Waals surface area (Å²) in [7, 11) is 0. The van der Waals surface area contributed by atoms with Crippen molar-refractivity contribution < 1.29 is 28.4 Å². The van der Waals surface area contributed by atoms with Crippen molar-refractivity contribution in [2.24, 2.45) is 17.3 Å². The molecule has 0 aromatic carbocycles. The van der Waals surface area contributed by atoms with E-state index < -0.39 is 11.9 Å². The molecule has 0 aromatic rings. The van der Waals surface area contributed by atoms with Crippen molar-refractivity contribution in [3.63, 3.8) is 0 Å². The van der Waals surface area contributed by atoms with Crippen LogP contribution in [-0.2, 0) is 28.4 Å². The molecule has 2 aliphatic heterocycles. The largest absolute Gasteiger partial charge is 0.327 e. The van der Waals surface area contributed by atoms with Crippen LogP contribution in [0.3, 0.4) is 0 Å². The molecule has 0 N–H and O–H groups in total. The van der Waals surface area contributed by atoms with Gasteiger partial charge >= 0.3 is 0 Å². The van der Waals surface area contributed by atoms with Crippen molar-refractivity contribution in [3.8, 4) is 0 Å². The number of ether oxygens (including phenoxy) is 6. The molecule has 2 rings (SSSR count).